The number of halogens is 3. The summed E-state index contributed by atoms with van der Waals surface area (Å²) in [6.07, 6.45) is 2.72. The summed E-state index contributed by atoms with van der Waals surface area (Å²) in [5.41, 5.74) is 5.37. The molecule has 0 spiro atoms. The Hall–Kier alpha value is -2.01. The molecule has 0 unspecified atom stereocenters. The van der Waals surface area contributed by atoms with Gasteiger partial charge in [-0.05, 0) is 42.0 Å². The number of rotatable bonds is 3. The van der Waals surface area contributed by atoms with Gasteiger partial charge >= 0.3 is 0 Å². The first-order chi connectivity index (χ1) is 11.0. The van der Waals surface area contributed by atoms with E-state index >= 15 is 0 Å². The zero-order chi connectivity index (χ0) is 16.8. The molecule has 0 fully saturated rings. The van der Waals surface area contributed by atoms with Crippen molar-refractivity contribution in [1.29, 1.82) is 0 Å². The number of hydrogen-bond donors (Lipinski definition) is 2. The Balaban J connectivity index is 1.95. The van der Waals surface area contributed by atoms with Crippen molar-refractivity contribution in [2.24, 2.45) is 0 Å². The van der Waals surface area contributed by atoms with Gasteiger partial charge in [-0.25, -0.2) is 0 Å². The number of carbonyl (C=O) groups is 2. The highest BCUT2D eigenvalue weighted by Gasteiger charge is 2.09. The summed E-state index contributed by atoms with van der Waals surface area (Å²) in [6, 6.07) is 11.4. The first kappa shape index (κ1) is 17.3. The Morgan fingerprint density at radius 3 is 2.39 bits per heavy atom. The van der Waals surface area contributed by atoms with Crippen molar-refractivity contribution in [2.45, 2.75) is 0 Å². The second-order valence-electron chi connectivity index (χ2n) is 4.42. The third-order valence-corrected chi connectivity index (χ3v) is 3.70. The van der Waals surface area contributed by atoms with Crippen molar-refractivity contribution in [3.8, 4) is 0 Å². The molecule has 0 aliphatic carbocycles. The fourth-order valence-electron chi connectivity index (χ4n) is 1.68. The van der Waals surface area contributed by atoms with E-state index in [-0.39, 0.29) is 5.56 Å². The minimum Gasteiger partial charge on any atom is -0.268 e. The van der Waals surface area contributed by atoms with Gasteiger partial charge in [0, 0.05) is 16.1 Å². The van der Waals surface area contributed by atoms with Gasteiger partial charge < -0.3 is 0 Å². The second-order valence-corrected chi connectivity index (χ2v) is 5.67. The molecule has 2 aromatic carbocycles. The minimum absolute atomic E-state index is 0.260. The maximum absolute atomic E-state index is 11.9. The van der Waals surface area contributed by atoms with E-state index in [1.54, 1.807) is 42.5 Å². The number of benzene rings is 2. The lowest BCUT2D eigenvalue weighted by molar-refractivity contribution is -0.117. The monoisotopic (exact) mass is 368 g/mol. The molecule has 0 saturated heterocycles. The van der Waals surface area contributed by atoms with E-state index in [0.717, 1.165) is 0 Å². The van der Waals surface area contributed by atoms with Crippen molar-refractivity contribution in [1.82, 2.24) is 10.9 Å². The van der Waals surface area contributed by atoms with Gasteiger partial charge in [-0.2, -0.15) is 0 Å². The zero-order valence-electron chi connectivity index (χ0n) is 11.6. The van der Waals surface area contributed by atoms with Gasteiger partial charge in [0.25, 0.3) is 11.8 Å². The average Bonchev–Trinajstić information content (AvgIpc) is 2.54. The number of hydrogen-bond acceptors (Lipinski definition) is 2. The number of carbonyl (C=O) groups excluding carboxylic acids is 2. The van der Waals surface area contributed by atoms with Crippen molar-refractivity contribution in [3.05, 3.63) is 74.7 Å². The van der Waals surface area contributed by atoms with Crippen LogP contribution in [0.25, 0.3) is 6.08 Å². The van der Waals surface area contributed by atoms with Crippen molar-refractivity contribution >= 4 is 52.7 Å². The Bertz CT molecular complexity index is 776. The van der Waals surface area contributed by atoms with E-state index in [9.17, 15) is 9.59 Å². The number of amides is 2. The van der Waals surface area contributed by atoms with Gasteiger partial charge in [-0.3, -0.25) is 20.4 Å². The summed E-state index contributed by atoms with van der Waals surface area (Å²) >= 11 is 17.7. The lowest BCUT2D eigenvalue weighted by Gasteiger charge is -2.06. The quantitative estimate of drug-likeness (QED) is 0.631. The largest absolute Gasteiger partial charge is 0.271 e. The van der Waals surface area contributed by atoms with Crippen LogP contribution in [-0.2, 0) is 4.79 Å². The van der Waals surface area contributed by atoms with Gasteiger partial charge in [0.15, 0.2) is 0 Å². The van der Waals surface area contributed by atoms with Crippen LogP contribution in [-0.4, -0.2) is 11.8 Å². The molecule has 0 aliphatic heterocycles. The van der Waals surface area contributed by atoms with Crippen molar-refractivity contribution in [3.63, 3.8) is 0 Å². The van der Waals surface area contributed by atoms with E-state index in [4.69, 9.17) is 34.8 Å². The Kier molecular flexibility index (Phi) is 6.04. The highest BCUT2D eigenvalue weighted by Crippen LogP contribution is 2.21. The smallest absolute Gasteiger partial charge is 0.268 e. The Labute approximate surface area is 148 Å². The normalized spacial score (nSPS) is 10.6. The molecule has 0 aromatic heterocycles. The summed E-state index contributed by atoms with van der Waals surface area (Å²) in [5.74, 6) is -1.04. The molecule has 23 heavy (non-hydrogen) atoms. The van der Waals surface area contributed by atoms with Crippen LogP contribution in [0.15, 0.2) is 48.5 Å². The molecule has 0 bridgehead atoms. The van der Waals surface area contributed by atoms with Gasteiger partial charge in [-0.15, -0.1) is 0 Å². The highest BCUT2D eigenvalue weighted by molar-refractivity contribution is 6.34. The lowest BCUT2D eigenvalue weighted by Crippen LogP contribution is -2.40. The predicted molar refractivity (Wildman–Crippen MR) is 92.6 cm³/mol. The van der Waals surface area contributed by atoms with Crippen LogP contribution < -0.4 is 10.9 Å². The maximum atomic E-state index is 11.9. The highest BCUT2D eigenvalue weighted by atomic mass is 35.5. The van der Waals surface area contributed by atoms with E-state index in [2.05, 4.69) is 10.9 Å². The lowest BCUT2D eigenvalue weighted by atomic mass is 10.2. The van der Waals surface area contributed by atoms with E-state index < -0.39 is 11.8 Å². The molecule has 0 heterocycles. The Morgan fingerprint density at radius 2 is 1.65 bits per heavy atom. The van der Waals surface area contributed by atoms with Crippen LogP contribution in [0.3, 0.4) is 0 Å². The van der Waals surface area contributed by atoms with Crippen LogP contribution in [0.2, 0.25) is 15.1 Å². The van der Waals surface area contributed by atoms with Crippen molar-refractivity contribution < 1.29 is 9.59 Å². The fraction of sp³-hybridized carbons (Fsp3) is 0. The minimum atomic E-state index is -0.526. The van der Waals surface area contributed by atoms with Crippen molar-refractivity contribution in [2.75, 3.05) is 0 Å². The molecule has 0 atom stereocenters. The molecule has 0 saturated carbocycles. The first-order valence-electron chi connectivity index (χ1n) is 6.45. The van der Waals surface area contributed by atoms with Gasteiger partial charge in [0.1, 0.15) is 0 Å². The predicted octanol–water partition coefficient (Wildman–Crippen LogP) is 4.12. The second kappa shape index (κ2) is 8.02. The number of nitrogens with one attached hydrogen (secondary N) is 2. The molecular weight excluding hydrogens is 359 g/mol. The summed E-state index contributed by atoms with van der Waals surface area (Å²) in [6.45, 7) is 0. The zero-order valence-corrected chi connectivity index (χ0v) is 13.9. The average molecular weight is 370 g/mol. The molecule has 4 nitrogen and oxygen atoms in total. The van der Waals surface area contributed by atoms with Crippen LogP contribution in [0.4, 0.5) is 0 Å². The van der Waals surface area contributed by atoms with Gasteiger partial charge in [0.05, 0.1) is 10.6 Å². The molecule has 7 heteroatoms. The fourth-order valence-corrected chi connectivity index (χ4v) is 2.26. The van der Waals surface area contributed by atoms with E-state index in [0.29, 0.717) is 20.6 Å². The van der Waals surface area contributed by atoms with Gasteiger partial charge in [0.2, 0.25) is 0 Å². The molecule has 2 N–H and O–H groups in total. The first-order valence-corrected chi connectivity index (χ1v) is 7.59. The summed E-state index contributed by atoms with van der Waals surface area (Å²) in [4.78, 5) is 23.6. The summed E-state index contributed by atoms with van der Waals surface area (Å²) < 4.78 is 0. The number of hydrazine groups is 1. The van der Waals surface area contributed by atoms with Crippen LogP contribution in [0.1, 0.15) is 15.9 Å². The third-order valence-electron chi connectivity index (χ3n) is 2.79. The van der Waals surface area contributed by atoms with Crippen LogP contribution >= 0.6 is 34.8 Å². The topological polar surface area (TPSA) is 58.2 Å². The molecule has 2 rings (SSSR count). The molecular formula is C16H11Cl3N2O2. The molecule has 2 aromatic rings. The Morgan fingerprint density at radius 1 is 0.913 bits per heavy atom. The van der Waals surface area contributed by atoms with Gasteiger partial charge in [-0.1, -0.05) is 46.9 Å². The molecule has 2 amide bonds. The van der Waals surface area contributed by atoms with Crippen LogP contribution in [0.5, 0.6) is 0 Å². The van der Waals surface area contributed by atoms with E-state index in [1.165, 1.54) is 12.2 Å². The molecule has 0 aliphatic rings. The SMILES string of the molecule is O=C(/C=C/c1cc(Cl)ccc1Cl)NNC(=O)c1ccccc1Cl. The maximum Gasteiger partial charge on any atom is 0.271 e. The molecule has 0 radical (unpaired) electrons. The summed E-state index contributed by atoms with van der Waals surface area (Å²) in [7, 11) is 0. The van der Waals surface area contributed by atoms with E-state index in [1.807, 2.05) is 0 Å². The standard InChI is InChI=1S/C16H11Cl3N2O2/c17-11-6-7-13(18)10(9-11)5-8-15(22)20-21-16(23)12-3-1-2-4-14(12)19/h1-9H,(H,20,22)(H,21,23)/b8-5+. The third kappa shape index (κ3) is 4.99. The molecule has 118 valence electrons. The van der Waals surface area contributed by atoms with Crippen LogP contribution in [0, 0.1) is 0 Å². The summed E-state index contributed by atoms with van der Waals surface area (Å²) in [5, 5.41) is 1.25.